The van der Waals surface area contributed by atoms with E-state index in [1.165, 1.54) is 0 Å². The molecule has 0 N–H and O–H groups in total. The van der Waals surface area contributed by atoms with E-state index in [2.05, 4.69) is 4.52 Å². The van der Waals surface area contributed by atoms with E-state index in [0.29, 0.717) is 6.42 Å². The molecule has 7 heteroatoms. The van der Waals surface area contributed by atoms with Crippen molar-refractivity contribution in [1.82, 2.24) is 0 Å². The third-order valence-electron chi connectivity index (χ3n) is 2.13. The Morgan fingerprint density at radius 2 is 1.63 bits per heavy atom. The summed E-state index contributed by atoms with van der Waals surface area (Å²) >= 11 is 0. The molecule has 6 nitrogen and oxygen atoms in total. The van der Waals surface area contributed by atoms with Gasteiger partial charge in [-0.05, 0) is 32.6 Å². The maximum absolute atomic E-state index is 11.6. The van der Waals surface area contributed by atoms with Crippen LogP contribution in [0, 0.1) is 10.8 Å². The van der Waals surface area contributed by atoms with Crippen LogP contribution in [0.15, 0.2) is 0 Å². The van der Waals surface area contributed by atoms with Crippen molar-refractivity contribution >= 4 is 13.8 Å². The van der Waals surface area contributed by atoms with Crippen molar-refractivity contribution in [2.45, 2.75) is 54.1 Å². The first-order valence-corrected chi connectivity index (χ1v) is 7.54. The van der Waals surface area contributed by atoms with E-state index in [9.17, 15) is 19.1 Å². The van der Waals surface area contributed by atoms with Crippen LogP contribution in [0.5, 0.6) is 0 Å². The first-order valence-electron chi connectivity index (χ1n) is 6.08. The Labute approximate surface area is 114 Å². The van der Waals surface area contributed by atoms with Gasteiger partial charge in [0.15, 0.2) is 0 Å². The topological polar surface area (TPSA) is 98.7 Å². The summed E-state index contributed by atoms with van der Waals surface area (Å²) in [5.74, 6) is -0.471. The molecule has 1 atom stereocenters. The van der Waals surface area contributed by atoms with E-state index in [0.717, 1.165) is 0 Å². The van der Waals surface area contributed by atoms with Gasteiger partial charge in [-0.2, -0.15) is 0 Å². The third kappa shape index (κ3) is 10.1. The van der Waals surface area contributed by atoms with Crippen LogP contribution in [-0.2, 0) is 18.6 Å². The first kappa shape index (κ1) is 18.6. The van der Waals surface area contributed by atoms with Crippen LogP contribution >= 0.6 is 7.82 Å². The molecule has 0 amide bonds. The molecule has 0 radical (unpaired) electrons. The summed E-state index contributed by atoms with van der Waals surface area (Å²) in [6.45, 7) is 10.4. The fourth-order valence-corrected chi connectivity index (χ4v) is 1.88. The molecule has 0 heterocycles. The van der Waals surface area contributed by atoms with Crippen molar-refractivity contribution in [2.75, 3.05) is 6.61 Å². The van der Waals surface area contributed by atoms with Crippen LogP contribution < -0.4 is 9.79 Å². The molecule has 114 valence electrons. The van der Waals surface area contributed by atoms with Crippen LogP contribution in [0.4, 0.5) is 0 Å². The Morgan fingerprint density at radius 3 is 1.95 bits per heavy atom. The number of phosphoric acid groups is 1. The maximum Gasteiger partial charge on any atom is 0.311 e. The minimum absolute atomic E-state index is 0.248. The molecule has 0 saturated carbocycles. The maximum atomic E-state index is 11.6. The van der Waals surface area contributed by atoms with Gasteiger partial charge >= 0.3 is 5.97 Å². The molecule has 0 saturated heterocycles. The van der Waals surface area contributed by atoms with Gasteiger partial charge in [-0.1, -0.05) is 20.8 Å². The Morgan fingerprint density at radius 1 is 1.16 bits per heavy atom. The average Bonchev–Trinajstić information content (AvgIpc) is 2.06. The van der Waals surface area contributed by atoms with Crippen molar-refractivity contribution < 1.29 is 28.4 Å². The van der Waals surface area contributed by atoms with E-state index < -0.39 is 25.3 Å². The highest BCUT2D eigenvalue weighted by Crippen LogP contribution is 2.33. The first-order chi connectivity index (χ1) is 8.21. The van der Waals surface area contributed by atoms with Crippen LogP contribution in [0.1, 0.15) is 48.0 Å². The van der Waals surface area contributed by atoms with E-state index in [1.807, 2.05) is 20.8 Å². The minimum atomic E-state index is -5.10. The lowest BCUT2D eigenvalue weighted by Gasteiger charge is -2.36. The fourth-order valence-electron chi connectivity index (χ4n) is 1.38. The van der Waals surface area contributed by atoms with Gasteiger partial charge in [0, 0.05) is 0 Å². The van der Waals surface area contributed by atoms with E-state index in [4.69, 9.17) is 4.74 Å². The van der Waals surface area contributed by atoms with Crippen LogP contribution in [0.3, 0.4) is 0 Å². The molecule has 0 aliphatic heterocycles. The van der Waals surface area contributed by atoms with Gasteiger partial charge in [0.2, 0.25) is 0 Å². The molecule has 0 aliphatic carbocycles. The van der Waals surface area contributed by atoms with Gasteiger partial charge in [0.25, 0.3) is 0 Å². The molecular weight excluding hydrogens is 271 g/mol. The Hall–Kier alpha value is -0.420. The predicted molar refractivity (Wildman–Crippen MR) is 67.0 cm³/mol. The molecule has 0 aliphatic rings. The molecule has 0 aromatic rings. The highest BCUT2D eigenvalue weighted by atomic mass is 31.2. The van der Waals surface area contributed by atoms with Crippen molar-refractivity contribution in [3.8, 4) is 0 Å². The van der Waals surface area contributed by atoms with Crippen LogP contribution in [-0.4, -0.2) is 18.7 Å². The molecule has 0 fully saturated rings. The largest absolute Gasteiger partial charge is 0.790 e. The number of hydrogen-bond acceptors (Lipinski definition) is 6. The lowest BCUT2D eigenvalue weighted by Crippen LogP contribution is -2.33. The smallest absolute Gasteiger partial charge is 0.311 e. The lowest BCUT2D eigenvalue weighted by molar-refractivity contribution is -0.346. The number of rotatable bonds is 5. The summed E-state index contributed by atoms with van der Waals surface area (Å²) in [5.41, 5.74) is -0.946. The van der Waals surface area contributed by atoms with Gasteiger partial charge < -0.3 is 23.6 Å². The van der Waals surface area contributed by atoms with E-state index >= 15 is 0 Å². The highest BCUT2D eigenvalue weighted by molar-refractivity contribution is 7.43. The van der Waals surface area contributed by atoms with E-state index in [1.54, 1.807) is 20.8 Å². The lowest BCUT2D eigenvalue weighted by atomic mass is 9.89. The van der Waals surface area contributed by atoms with Crippen LogP contribution in [0.25, 0.3) is 0 Å². The molecular formula is C12H23O6P-2. The van der Waals surface area contributed by atoms with Crippen molar-refractivity contribution in [3.05, 3.63) is 0 Å². The predicted octanol–water partition coefficient (Wildman–Crippen LogP) is 1.23. The molecule has 0 spiro atoms. The quantitative estimate of drug-likeness (QED) is 0.558. The summed E-state index contributed by atoms with van der Waals surface area (Å²) in [6, 6.07) is 0. The summed E-state index contributed by atoms with van der Waals surface area (Å²) < 4.78 is 20.1. The zero-order chi connectivity index (χ0) is 15.5. The molecule has 0 rings (SSSR count). The Kier molecular flexibility index (Phi) is 6.21. The van der Waals surface area contributed by atoms with E-state index in [-0.39, 0.29) is 12.0 Å². The second-order valence-corrected chi connectivity index (χ2v) is 7.89. The molecule has 19 heavy (non-hydrogen) atoms. The summed E-state index contributed by atoms with van der Waals surface area (Å²) in [7, 11) is -5.10. The summed E-state index contributed by atoms with van der Waals surface area (Å²) in [5, 5.41) is 0. The van der Waals surface area contributed by atoms with Gasteiger partial charge in [0.1, 0.15) is 6.61 Å². The second kappa shape index (κ2) is 6.35. The van der Waals surface area contributed by atoms with Gasteiger partial charge in [-0.25, -0.2) is 0 Å². The monoisotopic (exact) mass is 294 g/mol. The van der Waals surface area contributed by atoms with Gasteiger partial charge in [-0.15, -0.1) is 0 Å². The Bertz CT molecular complexity index is 346. The number of ether oxygens (including phenoxy) is 1. The second-order valence-electron chi connectivity index (χ2n) is 6.79. The number of carbonyl (C=O) groups is 1. The molecule has 0 aromatic heterocycles. The standard InChI is InChI=1S/C12H25O6P/c1-11(2,3)7-9(18-19(14,15)16)8-17-10(13)12(4,5)6/h9H,7-8H2,1-6H3,(H2,14,15,16)/p-2. The minimum Gasteiger partial charge on any atom is -0.790 e. The fraction of sp³-hybridized carbons (Fsp3) is 0.917. The van der Waals surface area contributed by atoms with Gasteiger partial charge in [0.05, 0.1) is 19.3 Å². The van der Waals surface area contributed by atoms with Gasteiger partial charge in [-0.3, -0.25) is 4.79 Å². The number of carbonyl (C=O) groups excluding carboxylic acids is 1. The highest BCUT2D eigenvalue weighted by Gasteiger charge is 2.26. The van der Waals surface area contributed by atoms with Crippen molar-refractivity contribution in [1.29, 1.82) is 0 Å². The number of phosphoric ester groups is 1. The molecule has 0 bridgehead atoms. The number of hydrogen-bond donors (Lipinski definition) is 0. The zero-order valence-electron chi connectivity index (χ0n) is 12.4. The molecule has 1 unspecified atom stereocenters. The summed E-state index contributed by atoms with van der Waals surface area (Å²) in [4.78, 5) is 33.0. The average molecular weight is 294 g/mol. The Balaban J connectivity index is 4.61. The normalized spacial score (nSPS) is 15.2. The number of esters is 1. The van der Waals surface area contributed by atoms with Crippen molar-refractivity contribution in [2.24, 2.45) is 10.8 Å². The van der Waals surface area contributed by atoms with Crippen molar-refractivity contribution in [3.63, 3.8) is 0 Å². The zero-order valence-corrected chi connectivity index (χ0v) is 13.3. The third-order valence-corrected chi connectivity index (χ3v) is 2.69. The SMILES string of the molecule is CC(C)(C)CC(COC(=O)C(C)(C)C)OP(=O)([O-])[O-]. The molecule has 0 aromatic carbocycles. The van der Waals surface area contributed by atoms with Crippen LogP contribution in [0.2, 0.25) is 0 Å². The summed E-state index contributed by atoms with van der Waals surface area (Å²) in [6.07, 6.45) is -0.661.